The zero-order valence-corrected chi connectivity index (χ0v) is 12.5. The number of hydrogen-bond donors (Lipinski definition) is 1. The highest BCUT2D eigenvalue weighted by Gasteiger charge is 2.14. The number of nitrogens with zero attached hydrogens (tertiary/aromatic N) is 3. The standard InChI is InChI=1S/C17H13N3O4/c21-17(22)15-7-2-1-4-13(15)11-19-9-8-18-16(19)12-5-3-6-14(10-12)20(23)24/h1-10H,11H2,(H,21,22). The lowest BCUT2D eigenvalue weighted by molar-refractivity contribution is -0.384. The van der Waals surface area contributed by atoms with Crippen LogP contribution in [0.2, 0.25) is 0 Å². The van der Waals surface area contributed by atoms with Crippen molar-refractivity contribution in [2.75, 3.05) is 0 Å². The van der Waals surface area contributed by atoms with Crippen molar-refractivity contribution in [3.8, 4) is 11.4 Å². The van der Waals surface area contributed by atoms with Gasteiger partial charge in [-0.1, -0.05) is 30.3 Å². The predicted octanol–water partition coefficient (Wildman–Crippen LogP) is 3.20. The van der Waals surface area contributed by atoms with Crippen LogP contribution < -0.4 is 0 Å². The zero-order chi connectivity index (χ0) is 17.1. The minimum Gasteiger partial charge on any atom is -0.478 e. The molecular formula is C17H13N3O4. The topological polar surface area (TPSA) is 98.3 Å². The summed E-state index contributed by atoms with van der Waals surface area (Å²) in [5.41, 5.74) is 1.43. The van der Waals surface area contributed by atoms with Gasteiger partial charge in [0.15, 0.2) is 0 Å². The molecule has 0 radical (unpaired) electrons. The maximum atomic E-state index is 11.3. The van der Waals surface area contributed by atoms with Gasteiger partial charge < -0.3 is 9.67 Å². The molecule has 0 aliphatic heterocycles. The summed E-state index contributed by atoms with van der Waals surface area (Å²) in [6, 6.07) is 12.9. The van der Waals surface area contributed by atoms with Crippen LogP contribution in [0.15, 0.2) is 60.9 Å². The number of imidazole rings is 1. The summed E-state index contributed by atoms with van der Waals surface area (Å²) in [5.74, 6) is -0.457. The number of carboxylic acids is 1. The quantitative estimate of drug-likeness (QED) is 0.574. The molecule has 0 saturated carbocycles. The molecule has 0 aliphatic carbocycles. The van der Waals surface area contributed by atoms with Crippen LogP contribution in [0.3, 0.4) is 0 Å². The monoisotopic (exact) mass is 323 g/mol. The number of nitro benzene ring substituents is 1. The molecule has 0 aliphatic rings. The van der Waals surface area contributed by atoms with E-state index < -0.39 is 10.9 Å². The molecule has 7 heteroatoms. The Kier molecular flexibility index (Phi) is 4.07. The lowest BCUT2D eigenvalue weighted by Crippen LogP contribution is -2.07. The fourth-order valence-electron chi connectivity index (χ4n) is 2.51. The fraction of sp³-hybridized carbons (Fsp3) is 0.0588. The minimum atomic E-state index is -0.998. The lowest BCUT2D eigenvalue weighted by Gasteiger charge is -2.10. The van der Waals surface area contributed by atoms with E-state index in [4.69, 9.17) is 0 Å². The summed E-state index contributed by atoms with van der Waals surface area (Å²) in [5, 5.41) is 20.2. The van der Waals surface area contributed by atoms with Crippen molar-refractivity contribution in [2.24, 2.45) is 0 Å². The second-order valence-electron chi connectivity index (χ2n) is 5.15. The van der Waals surface area contributed by atoms with E-state index in [2.05, 4.69) is 4.98 Å². The number of carboxylic acid groups (broad SMARTS) is 1. The van der Waals surface area contributed by atoms with Crippen LogP contribution in [0.5, 0.6) is 0 Å². The van der Waals surface area contributed by atoms with Gasteiger partial charge in [0, 0.05) is 36.6 Å². The summed E-state index contributed by atoms with van der Waals surface area (Å²) in [7, 11) is 0. The molecule has 24 heavy (non-hydrogen) atoms. The molecule has 0 unspecified atom stereocenters. The van der Waals surface area contributed by atoms with Gasteiger partial charge in [0.2, 0.25) is 0 Å². The predicted molar refractivity (Wildman–Crippen MR) is 86.8 cm³/mol. The first kappa shape index (κ1) is 15.4. The number of hydrogen-bond acceptors (Lipinski definition) is 4. The largest absolute Gasteiger partial charge is 0.478 e. The maximum Gasteiger partial charge on any atom is 0.336 e. The molecule has 3 rings (SSSR count). The zero-order valence-electron chi connectivity index (χ0n) is 12.5. The van der Waals surface area contributed by atoms with E-state index in [1.54, 1.807) is 53.4 Å². The first-order valence-electron chi connectivity index (χ1n) is 7.13. The second-order valence-corrected chi connectivity index (χ2v) is 5.15. The van der Waals surface area contributed by atoms with Crippen LogP contribution in [0, 0.1) is 10.1 Å². The van der Waals surface area contributed by atoms with Crippen molar-refractivity contribution in [1.29, 1.82) is 0 Å². The molecular weight excluding hydrogens is 310 g/mol. The van der Waals surface area contributed by atoms with E-state index in [0.29, 0.717) is 23.5 Å². The van der Waals surface area contributed by atoms with Crippen LogP contribution in [-0.4, -0.2) is 25.6 Å². The Hall–Kier alpha value is -3.48. The van der Waals surface area contributed by atoms with Crippen molar-refractivity contribution in [3.63, 3.8) is 0 Å². The van der Waals surface area contributed by atoms with Crippen molar-refractivity contribution in [2.45, 2.75) is 6.54 Å². The number of carbonyl (C=O) groups is 1. The summed E-state index contributed by atoms with van der Waals surface area (Å²) >= 11 is 0. The van der Waals surface area contributed by atoms with Gasteiger partial charge >= 0.3 is 5.97 Å². The number of rotatable bonds is 5. The van der Waals surface area contributed by atoms with E-state index >= 15 is 0 Å². The van der Waals surface area contributed by atoms with Crippen molar-refractivity contribution in [3.05, 3.63) is 82.2 Å². The molecule has 120 valence electrons. The van der Waals surface area contributed by atoms with Crippen molar-refractivity contribution in [1.82, 2.24) is 9.55 Å². The van der Waals surface area contributed by atoms with Crippen LogP contribution in [0.25, 0.3) is 11.4 Å². The van der Waals surface area contributed by atoms with E-state index in [1.807, 2.05) is 0 Å². The van der Waals surface area contributed by atoms with Crippen LogP contribution in [0.1, 0.15) is 15.9 Å². The molecule has 0 atom stereocenters. The van der Waals surface area contributed by atoms with Gasteiger partial charge in [-0.3, -0.25) is 10.1 Å². The lowest BCUT2D eigenvalue weighted by atomic mass is 10.1. The van der Waals surface area contributed by atoms with E-state index in [1.165, 1.54) is 12.1 Å². The summed E-state index contributed by atoms with van der Waals surface area (Å²) < 4.78 is 1.76. The number of benzene rings is 2. The van der Waals surface area contributed by atoms with Gasteiger partial charge in [-0.2, -0.15) is 0 Å². The second kappa shape index (κ2) is 6.33. The maximum absolute atomic E-state index is 11.3. The van der Waals surface area contributed by atoms with Crippen LogP contribution >= 0.6 is 0 Å². The summed E-state index contributed by atoms with van der Waals surface area (Å²) in [4.78, 5) is 26.0. The van der Waals surface area contributed by atoms with Crippen LogP contribution in [0.4, 0.5) is 5.69 Å². The Morgan fingerprint density at radius 2 is 2.00 bits per heavy atom. The molecule has 0 spiro atoms. The Labute approximate surface area is 137 Å². The highest BCUT2D eigenvalue weighted by atomic mass is 16.6. The van der Waals surface area contributed by atoms with Gasteiger partial charge in [0.05, 0.1) is 10.5 Å². The molecule has 7 nitrogen and oxygen atoms in total. The smallest absolute Gasteiger partial charge is 0.336 e. The summed E-state index contributed by atoms with van der Waals surface area (Å²) in [6.07, 6.45) is 3.30. The molecule has 1 heterocycles. The highest BCUT2D eigenvalue weighted by molar-refractivity contribution is 5.89. The Bertz CT molecular complexity index is 917. The number of nitro groups is 1. The summed E-state index contributed by atoms with van der Waals surface area (Å²) in [6.45, 7) is 0.306. The van der Waals surface area contributed by atoms with E-state index in [9.17, 15) is 20.0 Å². The minimum absolute atomic E-state index is 0.0204. The Balaban J connectivity index is 1.99. The average Bonchev–Trinajstić information content (AvgIpc) is 3.03. The number of aromatic nitrogens is 2. The van der Waals surface area contributed by atoms with Gasteiger partial charge in [0.25, 0.3) is 5.69 Å². The van der Waals surface area contributed by atoms with Crippen LogP contribution in [-0.2, 0) is 6.54 Å². The molecule has 0 fully saturated rings. The molecule has 0 saturated heterocycles. The normalized spacial score (nSPS) is 10.5. The highest BCUT2D eigenvalue weighted by Crippen LogP contribution is 2.23. The van der Waals surface area contributed by atoms with E-state index in [0.717, 1.165) is 0 Å². The van der Waals surface area contributed by atoms with Crippen molar-refractivity contribution < 1.29 is 14.8 Å². The molecule has 3 aromatic rings. The third-order valence-electron chi connectivity index (χ3n) is 3.62. The first-order valence-corrected chi connectivity index (χ1v) is 7.13. The number of non-ortho nitro benzene ring substituents is 1. The van der Waals surface area contributed by atoms with Crippen molar-refractivity contribution >= 4 is 11.7 Å². The molecule has 0 amide bonds. The molecule has 2 aromatic carbocycles. The van der Waals surface area contributed by atoms with Gasteiger partial charge in [-0.25, -0.2) is 9.78 Å². The average molecular weight is 323 g/mol. The molecule has 1 aromatic heterocycles. The first-order chi connectivity index (χ1) is 11.6. The van der Waals surface area contributed by atoms with Gasteiger partial charge in [0.1, 0.15) is 5.82 Å². The van der Waals surface area contributed by atoms with Gasteiger partial charge in [-0.15, -0.1) is 0 Å². The SMILES string of the molecule is O=C(O)c1ccccc1Cn1ccnc1-c1cccc([N+](=O)[O-])c1. The third kappa shape index (κ3) is 3.00. The molecule has 1 N–H and O–H groups in total. The fourth-order valence-corrected chi connectivity index (χ4v) is 2.51. The molecule has 0 bridgehead atoms. The van der Waals surface area contributed by atoms with Gasteiger partial charge in [-0.05, 0) is 11.6 Å². The third-order valence-corrected chi connectivity index (χ3v) is 3.62. The number of aromatic carboxylic acids is 1. The Morgan fingerprint density at radius 3 is 2.75 bits per heavy atom. The Morgan fingerprint density at radius 1 is 1.21 bits per heavy atom. The van der Waals surface area contributed by atoms with E-state index in [-0.39, 0.29) is 11.3 Å².